The van der Waals surface area contributed by atoms with Crippen LogP contribution in [0.25, 0.3) is 0 Å². The first-order valence-electron chi connectivity index (χ1n) is 6.11. The Bertz CT molecular complexity index is 658. The standard InChI is InChI=1S/C12H14BrN5O3/c1-8-10(18(19)20)6-14-12(11(8)13)16-9-5-15-17(7-9)3-4-21-2/h5-7H,3-4H2,1-2H3,(H,14,16). The molecule has 0 aliphatic carbocycles. The van der Waals surface area contributed by atoms with E-state index < -0.39 is 4.92 Å². The molecular formula is C12H14BrN5O3. The van der Waals surface area contributed by atoms with Crippen molar-refractivity contribution in [3.8, 4) is 0 Å². The lowest BCUT2D eigenvalue weighted by Crippen LogP contribution is -2.04. The maximum atomic E-state index is 10.8. The molecule has 2 heterocycles. The molecule has 0 aliphatic heterocycles. The monoisotopic (exact) mass is 355 g/mol. The topological polar surface area (TPSA) is 95.1 Å². The Morgan fingerprint density at radius 3 is 2.95 bits per heavy atom. The van der Waals surface area contributed by atoms with Gasteiger partial charge < -0.3 is 10.1 Å². The van der Waals surface area contributed by atoms with E-state index >= 15 is 0 Å². The fourth-order valence-corrected chi connectivity index (χ4v) is 2.12. The first-order chi connectivity index (χ1) is 10.0. The van der Waals surface area contributed by atoms with E-state index in [2.05, 4.69) is 31.3 Å². The molecular weight excluding hydrogens is 342 g/mol. The third kappa shape index (κ3) is 3.56. The van der Waals surface area contributed by atoms with Gasteiger partial charge in [0.15, 0.2) is 0 Å². The second-order valence-corrected chi connectivity index (χ2v) is 5.09. The van der Waals surface area contributed by atoms with Crippen molar-refractivity contribution in [2.24, 2.45) is 0 Å². The van der Waals surface area contributed by atoms with Crippen molar-refractivity contribution in [3.05, 3.63) is 38.7 Å². The molecule has 0 saturated heterocycles. The van der Waals surface area contributed by atoms with Gasteiger partial charge in [-0.3, -0.25) is 14.8 Å². The summed E-state index contributed by atoms with van der Waals surface area (Å²) in [5.74, 6) is 0.504. The van der Waals surface area contributed by atoms with Crippen LogP contribution in [0, 0.1) is 17.0 Å². The number of nitrogens with one attached hydrogen (secondary N) is 1. The van der Waals surface area contributed by atoms with E-state index in [1.165, 1.54) is 6.20 Å². The molecule has 8 nitrogen and oxygen atoms in total. The number of ether oxygens (including phenoxy) is 1. The zero-order chi connectivity index (χ0) is 15.4. The summed E-state index contributed by atoms with van der Waals surface area (Å²) in [5, 5.41) is 18.1. The van der Waals surface area contributed by atoms with E-state index in [0.29, 0.717) is 29.0 Å². The van der Waals surface area contributed by atoms with Crippen molar-refractivity contribution in [2.45, 2.75) is 13.5 Å². The highest BCUT2D eigenvalue weighted by Crippen LogP contribution is 2.31. The molecule has 0 amide bonds. The molecule has 9 heteroatoms. The Morgan fingerprint density at radius 2 is 2.29 bits per heavy atom. The summed E-state index contributed by atoms with van der Waals surface area (Å²) in [6.45, 7) is 2.88. The largest absolute Gasteiger partial charge is 0.383 e. The summed E-state index contributed by atoms with van der Waals surface area (Å²) in [6, 6.07) is 0. The molecule has 0 fully saturated rings. The summed E-state index contributed by atoms with van der Waals surface area (Å²) in [4.78, 5) is 14.5. The fourth-order valence-electron chi connectivity index (χ4n) is 1.71. The predicted octanol–water partition coefficient (Wildman–Crippen LogP) is 2.65. The van der Waals surface area contributed by atoms with Crippen molar-refractivity contribution in [1.82, 2.24) is 14.8 Å². The number of hydrogen-bond donors (Lipinski definition) is 1. The van der Waals surface area contributed by atoms with Gasteiger partial charge in [0.05, 0.1) is 34.4 Å². The number of nitro groups is 1. The minimum absolute atomic E-state index is 0.0248. The van der Waals surface area contributed by atoms with E-state index in [9.17, 15) is 10.1 Å². The summed E-state index contributed by atoms with van der Waals surface area (Å²) < 4.78 is 7.27. The van der Waals surface area contributed by atoms with E-state index in [4.69, 9.17) is 4.74 Å². The molecule has 112 valence electrons. The van der Waals surface area contributed by atoms with Crippen LogP contribution in [0.3, 0.4) is 0 Å². The fraction of sp³-hybridized carbons (Fsp3) is 0.333. The lowest BCUT2D eigenvalue weighted by Gasteiger charge is -2.07. The zero-order valence-corrected chi connectivity index (χ0v) is 13.1. The molecule has 0 spiro atoms. The van der Waals surface area contributed by atoms with Gasteiger partial charge in [-0.1, -0.05) is 0 Å². The lowest BCUT2D eigenvalue weighted by molar-refractivity contribution is -0.385. The van der Waals surface area contributed by atoms with Crippen LogP contribution < -0.4 is 5.32 Å². The van der Waals surface area contributed by atoms with Crippen LogP contribution in [0.4, 0.5) is 17.2 Å². The second-order valence-electron chi connectivity index (χ2n) is 4.30. The van der Waals surface area contributed by atoms with Gasteiger partial charge in [-0.2, -0.15) is 5.10 Å². The highest BCUT2D eigenvalue weighted by atomic mass is 79.9. The summed E-state index contributed by atoms with van der Waals surface area (Å²) in [6.07, 6.45) is 4.70. The quantitative estimate of drug-likeness (QED) is 0.632. The Labute approximate surface area is 129 Å². The van der Waals surface area contributed by atoms with Crippen LogP contribution in [-0.4, -0.2) is 33.4 Å². The number of halogens is 1. The number of anilines is 2. The minimum Gasteiger partial charge on any atom is -0.383 e. The highest BCUT2D eigenvalue weighted by Gasteiger charge is 2.17. The van der Waals surface area contributed by atoms with Crippen LogP contribution >= 0.6 is 15.9 Å². The first kappa shape index (κ1) is 15.4. The van der Waals surface area contributed by atoms with Crippen molar-refractivity contribution in [1.29, 1.82) is 0 Å². The molecule has 1 N–H and O–H groups in total. The Balaban J connectivity index is 2.18. The average molecular weight is 356 g/mol. The van der Waals surface area contributed by atoms with Crippen LogP contribution in [0.15, 0.2) is 23.1 Å². The third-order valence-electron chi connectivity index (χ3n) is 2.85. The van der Waals surface area contributed by atoms with E-state index in [-0.39, 0.29) is 5.69 Å². The maximum Gasteiger partial charge on any atom is 0.291 e. The van der Waals surface area contributed by atoms with Crippen LogP contribution in [0.5, 0.6) is 0 Å². The van der Waals surface area contributed by atoms with Crippen molar-refractivity contribution >= 4 is 33.1 Å². The first-order valence-corrected chi connectivity index (χ1v) is 6.90. The van der Waals surface area contributed by atoms with Crippen molar-refractivity contribution in [3.63, 3.8) is 0 Å². The number of aromatic nitrogens is 3. The molecule has 0 radical (unpaired) electrons. The third-order valence-corrected chi connectivity index (χ3v) is 3.82. The van der Waals surface area contributed by atoms with Crippen LogP contribution in [0.1, 0.15) is 5.56 Å². The molecule has 0 bridgehead atoms. The lowest BCUT2D eigenvalue weighted by atomic mass is 10.2. The molecule has 0 aliphatic rings. The van der Waals surface area contributed by atoms with Crippen LogP contribution in [0.2, 0.25) is 0 Å². The number of pyridine rings is 1. The van der Waals surface area contributed by atoms with E-state index in [1.807, 2.05) is 6.20 Å². The second kappa shape index (κ2) is 6.64. The summed E-state index contributed by atoms with van der Waals surface area (Å²) >= 11 is 3.33. The van der Waals surface area contributed by atoms with Gasteiger partial charge in [-0.05, 0) is 22.9 Å². The Morgan fingerprint density at radius 1 is 1.52 bits per heavy atom. The van der Waals surface area contributed by atoms with Gasteiger partial charge in [0.2, 0.25) is 0 Å². The van der Waals surface area contributed by atoms with Gasteiger partial charge in [0.1, 0.15) is 12.0 Å². The van der Waals surface area contributed by atoms with Crippen LogP contribution in [-0.2, 0) is 11.3 Å². The average Bonchev–Trinajstić information content (AvgIpc) is 2.89. The van der Waals surface area contributed by atoms with E-state index in [1.54, 1.807) is 24.9 Å². The number of methoxy groups -OCH3 is 1. The minimum atomic E-state index is -0.459. The number of nitrogens with zero attached hydrogens (tertiary/aromatic N) is 4. The highest BCUT2D eigenvalue weighted by molar-refractivity contribution is 9.10. The maximum absolute atomic E-state index is 10.8. The van der Waals surface area contributed by atoms with Gasteiger partial charge in [0.25, 0.3) is 5.69 Å². The molecule has 0 unspecified atom stereocenters. The van der Waals surface area contributed by atoms with Gasteiger partial charge in [0, 0.05) is 18.9 Å². The van der Waals surface area contributed by atoms with Gasteiger partial charge >= 0.3 is 0 Å². The molecule has 2 aromatic rings. The number of hydrogen-bond acceptors (Lipinski definition) is 6. The number of rotatable bonds is 6. The molecule has 0 atom stereocenters. The zero-order valence-electron chi connectivity index (χ0n) is 11.5. The Hall–Kier alpha value is -2.00. The SMILES string of the molecule is COCCn1cc(Nc2ncc([N+](=O)[O-])c(C)c2Br)cn1. The van der Waals surface area contributed by atoms with E-state index in [0.717, 1.165) is 5.69 Å². The molecule has 0 saturated carbocycles. The Kier molecular flexibility index (Phi) is 4.86. The normalized spacial score (nSPS) is 10.6. The smallest absolute Gasteiger partial charge is 0.291 e. The van der Waals surface area contributed by atoms with Gasteiger partial charge in [-0.25, -0.2) is 4.98 Å². The van der Waals surface area contributed by atoms with Crippen molar-refractivity contribution < 1.29 is 9.66 Å². The predicted molar refractivity (Wildman–Crippen MR) is 80.7 cm³/mol. The van der Waals surface area contributed by atoms with Gasteiger partial charge in [-0.15, -0.1) is 0 Å². The molecule has 21 heavy (non-hydrogen) atoms. The molecule has 0 aromatic carbocycles. The summed E-state index contributed by atoms with van der Waals surface area (Å²) in [7, 11) is 1.63. The van der Waals surface area contributed by atoms with Crippen molar-refractivity contribution in [2.75, 3.05) is 19.0 Å². The summed E-state index contributed by atoms with van der Waals surface area (Å²) in [5.41, 5.74) is 1.24. The molecule has 2 aromatic heterocycles. The molecule has 2 rings (SSSR count).